The van der Waals surface area contributed by atoms with Crippen LogP contribution >= 0.6 is 0 Å². The third-order valence-electron chi connectivity index (χ3n) is 3.48. The summed E-state index contributed by atoms with van der Waals surface area (Å²) in [5.74, 6) is 0. The number of carbonyl (C=O) groups excluding carboxylic acids is 1. The molecule has 0 aromatic heterocycles. The highest BCUT2D eigenvalue weighted by Crippen LogP contribution is 2.17. The molecule has 9 heteroatoms. The van der Waals surface area contributed by atoms with E-state index in [1.54, 1.807) is 13.8 Å². The molecule has 27 heavy (non-hydrogen) atoms. The van der Waals surface area contributed by atoms with Crippen molar-refractivity contribution in [3.8, 4) is 0 Å². The predicted octanol–water partition coefficient (Wildman–Crippen LogP) is 1.07. The fraction of sp³-hybridized carbons (Fsp3) is 0.944. The van der Waals surface area contributed by atoms with Crippen molar-refractivity contribution in [2.75, 3.05) is 66.4 Å². The van der Waals surface area contributed by atoms with Crippen LogP contribution in [0, 0.1) is 0 Å². The molecule has 0 aliphatic carbocycles. The van der Waals surface area contributed by atoms with E-state index in [2.05, 4.69) is 29.8 Å². The monoisotopic (exact) mass is 399 g/mol. The van der Waals surface area contributed by atoms with Crippen molar-refractivity contribution < 1.29 is 27.8 Å². The Hall–Kier alpha value is -0.870. The van der Waals surface area contributed by atoms with Gasteiger partial charge in [0.15, 0.2) is 0 Å². The molecular formula is C18H39F2N3O4. The lowest BCUT2D eigenvalue weighted by molar-refractivity contribution is -0.111. The zero-order valence-corrected chi connectivity index (χ0v) is 17.5. The van der Waals surface area contributed by atoms with Crippen molar-refractivity contribution in [2.45, 2.75) is 45.5 Å². The largest absolute Gasteiger partial charge is 0.379 e. The Balaban J connectivity index is 0. The standard InChI is InChI=1S/C17H36FN3O4.CH3F/c1-15(2)21-7-10-23-8-5-19-6-9-24-11-12-25-17(3,4)16(18)13-20-14-22;1-2/h14-16,19,21H,5-13H2,1-4H3,(H,20,22);1H3. The van der Waals surface area contributed by atoms with E-state index in [9.17, 15) is 13.6 Å². The van der Waals surface area contributed by atoms with Gasteiger partial charge in [0.2, 0.25) is 6.41 Å². The molecule has 0 radical (unpaired) electrons. The van der Waals surface area contributed by atoms with Crippen molar-refractivity contribution in [2.24, 2.45) is 0 Å². The lowest BCUT2D eigenvalue weighted by atomic mass is 10.0. The van der Waals surface area contributed by atoms with Crippen LogP contribution in [0.25, 0.3) is 0 Å². The zero-order chi connectivity index (χ0) is 21.0. The number of amides is 1. The Bertz CT molecular complexity index is 325. The van der Waals surface area contributed by atoms with Crippen LogP contribution in [0.5, 0.6) is 0 Å². The first kappa shape index (κ1) is 28.3. The van der Waals surface area contributed by atoms with Crippen molar-refractivity contribution in [3.05, 3.63) is 0 Å². The summed E-state index contributed by atoms with van der Waals surface area (Å²) in [6.45, 7) is 12.5. The van der Waals surface area contributed by atoms with Gasteiger partial charge >= 0.3 is 0 Å². The fourth-order valence-electron chi connectivity index (χ4n) is 1.89. The molecule has 164 valence electrons. The highest BCUT2D eigenvalue weighted by atomic mass is 19.1. The summed E-state index contributed by atoms with van der Waals surface area (Å²) >= 11 is 0. The smallest absolute Gasteiger partial charge is 0.207 e. The Labute approximate surface area is 162 Å². The van der Waals surface area contributed by atoms with Crippen molar-refractivity contribution in [1.82, 2.24) is 16.0 Å². The van der Waals surface area contributed by atoms with E-state index in [0.29, 0.717) is 52.7 Å². The Morgan fingerprint density at radius 3 is 2.07 bits per heavy atom. The number of ether oxygens (including phenoxy) is 3. The van der Waals surface area contributed by atoms with Crippen LogP contribution in [-0.4, -0.2) is 90.6 Å². The number of nitrogens with one attached hydrogen (secondary N) is 3. The average Bonchev–Trinajstić information content (AvgIpc) is 2.64. The molecule has 0 fully saturated rings. The maximum absolute atomic E-state index is 13.8. The molecule has 0 aromatic carbocycles. The second kappa shape index (κ2) is 19.9. The quantitative estimate of drug-likeness (QED) is 0.236. The van der Waals surface area contributed by atoms with E-state index in [4.69, 9.17) is 14.2 Å². The summed E-state index contributed by atoms with van der Waals surface area (Å²) in [6, 6.07) is 0.484. The van der Waals surface area contributed by atoms with Gasteiger partial charge in [0.25, 0.3) is 0 Å². The second-order valence-corrected chi connectivity index (χ2v) is 6.53. The molecule has 0 bridgehead atoms. The van der Waals surface area contributed by atoms with Crippen LogP contribution in [0.2, 0.25) is 0 Å². The number of carbonyl (C=O) groups is 1. The lowest BCUT2D eigenvalue weighted by Crippen LogP contribution is -2.43. The number of alkyl halides is 2. The summed E-state index contributed by atoms with van der Waals surface area (Å²) < 4.78 is 39.7. The van der Waals surface area contributed by atoms with Crippen LogP contribution < -0.4 is 16.0 Å². The molecule has 0 aliphatic rings. The fourth-order valence-corrected chi connectivity index (χ4v) is 1.89. The topological polar surface area (TPSA) is 80.8 Å². The SMILES string of the molecule is CC(C)NCCOCCNCCOCCOC(C)(C)C(F)CNC=O.CF. The Morgan fingerprint density at radius 1 is 0.963 bits per heavy atom. The summed E-state index contributed by atoms with van der Waals surface area (Å²) in [7, 11) is 0.500. The Kier molecular flexibility index (Phi) is 20.9. The van der Waals surface area contributed by atoms with Gasteiger partial charge in [-0.2, -0.15) is 0 Å². The first-order valence-electron chi connectivity index (χ1n) is 9.32. The minimum atomic E-state index is -1.27. The third kappa shape index (κ3) is 19.7. The van der Waals surface area contributed by atoms with Crippen LogP contribution in [0.4, 0.5) is 8.78 Å². The van der Waals surface area contributed by atoms with Crippen LogP contribution in [-0.2, 0) is 19.0 Å². The maximum atomic E-state index is 13.8. The van der Waals surface area contributed by atoms with Gasteiger partial charge in [-0.3, -0.25) is 9.18 Å². The molecule has 1 unspecified atom stereocenters. The molecule has 0 heterocycles. The molecule has 0 saturated heterocycles. The van der Waals surface area contributed by atoms with Gasteiger partial charge in [-0.1, -0.05) is 13.8 Å². The molecule has 0 spiro atoms. The van der Waals surface area contributed by atoms with E-state index in [0.717, 1.165) is 19.6 Å². The minimum absolute atomic E-state index is 0.0586. The Morgan fingerprint density at radius 2 is 1.52 bits per heavy atom. The van der Waals surface area contributed by atoms with Crippen LogP contribution in [0.3, 0.4) is 0 Å². The molecule has 7 nitrogen and oxygen atoms in total. The first-order chi connectivity index (χ1) is 12.9. The highest BCUT2D eigenvalue weighted by molar-refractivity contribution is 5.45. The van der Waals surface area contributed by atoms with Crippen molar-refractivity contribution in [1.29, 1.82) is 0 Å². The zero-order valence-electron chi connectivity index (χ0n) is 17.5. The normalized spacial score (nSPS) is 12.4. The van der Waals surface area contributed by atoms with Gasteiger partial charge in [0.05, 0.1) is 52.4 Å². The lowest BCUT2D eigenvalue weighted by Gasteiger charge is -2.28. The van der Waals surface area contributed by atoms with E-state index in [1.165, 1.54) is 0 Å². The second-order valence-electron chi connectivity index (χ2n) is 6.53. The van der Waals surface area contributed by atoms with E-state index in [1.807, 2.05) is 0 Å². The van der Waals surface area contributed by atoms with Crippen LogP contribution in [0.15, 0.2) is 0 Å². The summed E-state index contributed by atoms with van der Waals surface area (Å²) in [4.78, 5) is 10.2. The summed E-state index contributed by atoms with van der Waals surface area (Å²) in [5, 5.41) is 8.82. The molecule has 0 rings (SSSR count). The van der Waals surface area contributed by atoms with Gasteiger partial charge < -0.3 is 30.2 Å². The number of hydrogen-bond acceptors (Lipinski definition) is 6. The molecule has 0 aromatic rings. The van der Waals surface area contributed by atoms with Crippen molar-refractivity contribution >= 4 is 6.41 Å². The number of hydrogen-bond donors (Lipinski definition) is 3. The summed E-state index contributed by atoms with van der Waals surface area (Å²) in [6.07, 6.45) is -0.790. The molecule has 0 saturated carbocycles. The molecule has 3 N–H and O–H groups in total. The van der Waals surface area contributed by atoms with Gasteiger partial charge in [-0.15, -0.1) is 0 Å². The van der Waals surface area contributed by atoms with Crippen LogP contribution in [0.1, 0.15) is 27.7 Å². The van der Waals surface area contributed by atoms with E-state index < -0.39 is 11.8 Å². The van der Waals surface area contributed by atoms with Gasteiger partial charge in [-0.05, 0) is 13.8 Å². The molecule has 0 aliphatic heterocycles. The number of rotatable bonds is 18. The van der Waals surface area contributed by atoms with E-state index >= 15 is 0 Å². The molecule has 1 amide bonds. The minimum Gasteiger partial charge on any atom is -0.379 e. The first-order valence-corrected chi connectivity index (χ1v) is 9.32. The van der Waals surface area contributed by atoms with Gasteiger partial charge in [0, 0.05) is 25.7 Å². The average molecular weight is 400 g/mol. The molecule has 1 atom stereocenters. The van der Waals surface area contributed by atoms with E-state index in [-0.39, 0.29) is 6.54 Å². The highest BCUT2D eigenvalue weighted by Gasteiger charge is 2.30. The van der Waals surface area contributed by atoms with Gasteiger partial charge in [-0.25, -0.2) is 4.39 Å². The maximum Gasteiger partial charge on any atom is 0.207 e. The number of halogens is 2. The van der Waals surface area contributed by atoms with Crippen molar-refractivity contribution in [3.63, 3.8) is 0 Å². The molecular weight excluding hydrogens is 360 g/mol. The third-order valence-corrected chi connectivity index (χ3v) is 3.48. The summed E-state index contributed by atoms with van der Waals surface area (Å²) in [5.41, 5.74) is -0.959. The van der Waals surface area contributed by atoms with Gasteiger partial charge in [0.1, 0.15) is 6.17 Å². The predicted molar refractivity (Wildman–Crippen MR) is 104 cm³/mol.